The molecule has 2 rings (SSSR count). The van der Waals surface area contributed by atoms with Crippen LogP contribution in [0.3, 0.4) is 0 Å². The Morgan fingerprint density at radius 3 is 2.35 bits per heavy atom. The third kappa shape index (κ3) is 4.00. The van der Waals surface area contributed by atoms with Crippen molar-refractivity contribution in [2.45, 2.75) is 6.92 Å². The molecule has 2 aromatic rings. The standard InChI is InChI=1S/C17H12F2O4/c1-3-17(21)23-12-5-6-13(14(18)9-12)11-4-7-16(15(19)8-11)22-10(2)20/h3-9H,1H2,2H3. The van der Waals surface area contributed by atoms with Crippen LogP contribution in [0, 0.1) is 11.6 Å². The molecule has 6 heteroatoms. The molecule has 0 fully saturated rings. The molecule has 118 valence electrons. The summed E-state index contributed by atoms with van der Waals surface area (Å²) in [4.78, 5) is 21.9. The Morgan fingerprint density at radius 2 is 1.78 bits per heavy atom. The molecule has 0 saturated heterocycles. The average molecular weight is 318 g/mol. The van der Waals surface area contributed by atoms with Crippen molar-refractivity contribution in [2.75, 3.05) is 0 Å². The highest BCUT2D eigenvalue weighted by Crippen LogP contribution is 2.29. The number of benzene rings is 2. The molecule has 23 heavy (non-hydrogen) atoms. The van der Waals surface area contributed by atoms with E-state index in [0.717, 1.165) is 25.1 Å². The van der Waals surface area contributed by atoms with E-state index in [1.54, 1.807) is 0 Å². The van der Waals surface area contributed by atoms with Gasteiger partial charge in [-0.15, -0.1) is 0 Å². The van der Waals surface area contributed by atoms with Crippen molar-refractivity contribution in [3.63, 3.8) is 0 Å². The third-order valence-electron chi connectivity index (χ3n) is 2.82. The summed E-state index contributed by atoms with van der Waals surface area (Å²) in [5, 5.41) is 0. The van der Waals surface area contributed by atoms with Crippen molar-refractivity contribution in [3.8, 4) is 22.6 Å². The van der Waals surface area contributed by atoms with E-state index in [1.807, 2.05) is 0 Å². The highest BCUT2D eigenvalue weighted by atomic mass is 19.1. The number of carbonyl (C=O) groups excluding carboxylic acids is 2. The second-order valence-electron chi connectivity index (χ2n) is 4.51. The summed E-state index contributed by atoms with van der Waals surface area (Å²) >= 11 is 0. The molecule has 0 radical (unpaired) electrons. The molecule has 4 nitrogen and oxygen atoms in total. The van der Waals surface area contributed by atoms with Gasteiger partial charge in [-0.3, -0.25) is 4.79 Å². The second kappa shape index (κ2) is 6.83. The van der Waals surface area contributed by atoms with Gasteiger partial charge in [0.1, 0.15) is 11.6 Å². The van der Waals surface area contributed by atoms with E-state index in [0.29, 0.717) is 0 Å². The van der Waals surface area contributed by atoms with Crippen molar-refractivity contribution < 1.29 is 27.8 Å². The van der Waals surface area contributed by atoms with Gasteiger partial charge in [0.05, 0.1) is 0 Å². The van der Waals surface area contributed by atoms with Crippen molar-refractivity contribution >= 4 is 11.9 Å². The van der Waals surface area contributed by atoms with Crippen LogP contribution in [0.5, 0.6) is 11.5 Å². The normalized spacial score (nSPS) is 10.0. The van der Waals surface area contributed by atoms with Crippen molar-refractivity contribution in [1.82, 2.24) is 0 Å². The van der Waals surface area contributed by atoms with Crippen LogP contribution in [0.4, 0.5) is 8.78 Å². The topological polar surface area (TPSA) is 52.6 Å². The number of hydrogen-bond acceptors (Lipinski definition) is 4. The molecular formula is C17H12F2O4. The first-order valence-corrected chi connectivity index (χ1v) is 6.53. The molecule has 0 aliphatic carbocycles. The number of rotatable bonds is 4. The van der Waals surface area contributed by atoms with E-state index >= 15 is 0 Å². The summed E-state index contributed by atoms with van der Waals surface area (Å²) in [6.07, 6.45) is 0.953. The van der Waals surface area contributed by atoms with Crippen LogP contribution >= 0.6 is 0 Å². The van der Waals surface area contributed by atoms with Crippen molar-refractivity contribution in [1.29, 1.82) is 0 Å². The van der Waals surface area contributed by atoms with E-state index < -0.39 is 23.6 Å². The van der Waals surface area contributed by atoms with E-state index in [2.05, 4.69) is 11.3 Å². The fourth-order valence-electron chi connectivity index (χ4n) is 1.86. The largest absolute Gasteiger partial charge is 0.424 e. The molecule has 0 heterocycles. The summed E-state index contributed by atoms with van der Waals surface area (Å²) in [5.74, 6) is -3.09. The highest BCUT2D eigenvalue weighted by Gasteiger charge is 2.12. The molecule has 2 aromatic carbocycles. The Bertz CT molecular complexity index is 784. The van der Waals surface area contributed by atoms with Gasteiger partial charge in [-0.05, 0) is 29.8 Å². The fraction of sp³-hybridized carbons (Fsp3) is 0.0588. The predicted molar refractivity (Wildman–Crippen MR) is 78.9 cm³/mol. The van der Waals surface area contributed by atoms with Crippen LogP contribution in [-0.4, -0.2) is 11.9 Å². The first kappa shape index (κ1) is 16.4. The maximum atomic E-state index is 14.1. The van der Waals surface area contributed by atoms with Crippen LogP contribution in [0.2, 0.25) is 0 Å². The molecule has 0 bridgehead atoms. The second-order valence-corrected chi connectivity index (χ2v) is 4.51. The lowest BCUT2D eigenvalue weighted by Gasteiger charge is -2.08. The van der Waals surface area contributed by atoms with Crippen LogP contribution in [0.15, 0.2) is 49.1 Å². The van der Waals surface area contributed by atoms with Gasteiger partial charge in [0.25, 0.3) is 0 Å². The summed E-state index contributed by atoms with van der Waals surface area (Å²) in [7, 11) is 0. The lowest BCUT2D eigenvalue weighted by Crippen LogP contribution is -2.04. The molecule has 0 aromatic heterocycles. The Morgan fingerprint density at radius 1 is 1.04 bits per heavy atom. The quantitative estimate of drug-likeness (QED) is 0.490. The smallest absolute Gasteiger partial charge is 0.335 e. The van der Waals surface area contributed by atoms with Gasteiger partial charge in [-0.25, -0.2) is 13.6 Å². The van der Waals surface area contributed by atoms with Gasteiger partial charge in [0.2, 0.25) is 0 Å². The Kier molecular flexibility index (Phi) is 4.85. The lowest BCUT2D eigenvalue weighted by molar-refractivity contribution is -0.132. The van der Waals surface area contributed by atoms with Gasteiger partial charge in [0, 0.05) is 24.6 Å². The first-order valence-electron chi connectivity index (χ1n) is 6.53. The van der Waals surface area contributed by atoms with E-state index in [1.165, 1.54) is 24.3 Å². The van der Waals surface area contributed by atoms with Gasteiger partial charge >= 0.3 is 11.9 Å². The molecule has 0 saturated carbocycles. The molecule has 0 amide bonds. The minimum absolute atomic E-state index is 0.00755. The maximum Gasteiger partial charge on any atom is 0.335 e. The van der Waals surface area contributed by atoms with Gasteiger partial charge in [-0.2, -0.15) is 0 Å². The Hall–Kier alpha value is -3.02. The number of carbonyl (C=O) groups is 2. The number of halogens is 2. The van der Waals surface area contributed by atoms with E-state index in [4.69, 9.17) is 4.74 Å². The number of esters is 2. The summed E-state index contributed by atoms with van der Waals surface area (Å²) in [6, 6.07) is 7.42. The first-order chi connectivity index (χ1) is 10.9. The molecule has 0 unspecified atom stereocenters. The minimum atomic E-state index is -0.792. The monoisotopic (exact) mass is 318 g/mol. The summed E-state index contributed by atoms with van der Waals surface area (Å²) in [6.45, 7) is 4.39. The van der Waals surface area contributed by atoms with E-state index in [9.17, 15) is 18.4 Å². The fourth-order valence-corrected chi connectivity index (χ4v) is 1.86. The summed E-state index contributed by atoms with van der Waals surface area (Å²) in [5.41, 5.74) is 0.356. The minimum Gasteiger partial charge on any atom is -0.424 e. The molecular weight excluding hydrogens is 306 g/mol. The zero-order valence-electron chi connectivity index (χ0n) is 12.1. The highest BCUT2D eigenvalue weighted by molar-refractivity contribution is 5.83. The Balaban J connectivity index is 2.31. The third-order valence-corrected chi connectivity index (χ3v) is 2.82. The lowest BCUT2D eigenvalue weighted by atomic mass is 10.0. The molecule has 0 aliphatic heterocycles. The molecule has 0 atom stereocenters. The van der Waals surface area contributed by atoms with Crippen LogP contribution in [0.1, 0.15) is 6.92 Å². The molecule has 0 aliphatic rings. The van der Waals surface area contributed by atoms with Crippen LogP contribution in [0.25, 0.3) is 11.1 Å². The number of hydrogen-bond donors (Lipinski definition) is 0. The average Bonchev–Trinajstić information content (AvgIpc) is 2.49. The Labute approximate surface area is 131 Å². The van der Waals surface area contributed by atoms with Gasteiger partial charge in [-0.1, -0.05) is 12.6 Å². The molecule has 0 spiro atoms. The SMILES string of the molecule is C=CC(=O)Oc1ccc(-c2ccc(OC(C)=O)c(F)c2)c(F)c1. The van der Waals surface area contributed by atoms with E-state index in [-0.39, 0.29) is 22.6 Å². The predicted octanol–water partition coefficient (Wildman–Crippen LogP) is 3.65. The van der Waals surface area contributed by atoms with Gasteiger partial charge in [0.15, 0.2) is 11.6 Å². The zero-order chi connectivity index (χ0) is 17.0. The van der Waals surface area contributed by atoms with Gasteiger partial charge < -0.3 is 9.47 Å². The van der Waals surface area contributed by atoms with Crippen LogP contribution < -0.4 is 9.47 Å². The van der Waals surface area contributed by atoms with Crippen molar-refractivity contribution in [3.05, 3.63) is 60.7 Å². The summed E-state index contributed by atoms with van der Waals surface area (Å²) < 4.78 is 37.4. The van der Waals surface area contributed by atoms with Crippen LogP contribution in [-0.2, 0) is 9.59 Å². The number of ether oxygens (including phenoxy) is 2. The molecule has 0 N–H and O–H groups in total. The van der Waals surface area contributed by atoms with Crippen molar-refractivity contribution in [2.24, 2.45) is 0 Å². The zero-order valence-corrected chi connectivity index (χ0v) is 12.1. The maximum absolute atomic E-state index is 14.1.